The van der Waals surface area contributed by atoms with E-state index in [2.05, 4.69) is 27.1 Å². The number of carbonyl (C=O) groups excluding carboxylic acids is 1. The zero-order valence-electron chi connectivity index (χ0n) is 11.4. The van der Waals surface area contributed by atoms with Gasteiger partial charge in [-0.05, 0) is 17.5 Å². The summed E-state index contributed by atoms with van der Waals surface area (Å²) in [5.74, 6) is 0.575. The van der Waals surface area contributed by atoms with E-state index in [-0.39, 0.29) is 11.9 Å². The van der Waals surface area contributed by atoms with E-state index in [1.165, 1.54) is 29.2 Å². The molecule has 2 heterocycles. The van der Waals surface area contributed by atoms with E-state index in [0.717, 1.165) is 13.0 Å². The maximum atomic E-state index is 12.3. The van der Waals surface area contributed by atoms with Gasteiger partial charge in [0.05, 0.1) is 5.75 Å². The van der Waals surface area contributed by atoms with Gasteiger partial charge in [-0.2, -0.15) is 4.98 Å². The third-order valence-corrected chi connectivity index (χ3v) is 4.22. The second-order valence-corrected chi connectivity index (χ2v) is 5.69. The van der Waals surface area contributed by atoms with Gasteiger partial charge in [0.2, 0.25) is 11.9 Å². The zero-order valence-corrected chi connectivity index (χ0v) is 12.2. The van der Waals surface area contributed by atoms with Crippen LogP contribution in [0.1, 0.15) is 11.1 Å². The number of carbonyl (C=O) groups is 1. The number of nitrogens with two attached hydrogens (primary N) is 1. The minimum Gasteiger partial charge on any atom is -0.368 e. The van der Waals surface area contributed by atoms with Crippen LogP contribution in [0, 0.1) is 0 Å². The van der Waals surface area contributed by atoms with Gasteiger partial charge in [-0.3, -0.25) is 4.79 Å². The van der Waals surface area contributed by atoms with Crippen molar-refractivity contribution in [2.75, 3.05) is 18.0 Å². The third kappa shape index (κ3) is 3.30. The topological polar surface area (TPSA) is 85.0 Å². The Morgan fingerprint density at radius 2 is 2.10 bits per heavy atom. The van der Waals surface area contributed by atoms with Crippen molar-refractivity contribution in [1.29, 1.82) is 0 Å². The van der Waals surface area contributed by atoms with Crippen molar-refractivity contribution in [3.05, 3.63) is 41.7 Å². The van der Waals surface area contributed by atoms with Gasteiger partial charge in [-0.15, -0.1) is 0 Å². The lowest BCUT2D eigenvalue weighted by Crippen LogP contribution is -2.37. The summed E-state index contributed by atoms with van der Waals surface area (Å²) in [6.07, 6.45) is 2.26. The average Bonchev–Trinajstić information content (AvgIpc) is 2.52. The highest BCUT2D eigenvalue weighted by atomic mass is 32.2. The van der Waals surface area contributed by atoms with Crippen LogP contribution >= 0.6 is 11.8 Å². The van der Waals surface area contributed by atoms with E-state index in [9.17, 15) is 4.79 Å². The average molecular weight is 301 g/mol. The number of benzene rings is 1. The first kappa shape index (κ1) is 13.8. The Morgan fingerprint density at radius 3 is 2.90 bits per heavy atom. The van der Waals surface area contributed by atoms with Crippen LogP contribution in [0.15, 0.2) is 35.7 Å². The molecule has 0 fully saturated rings. The maximum Gasteiger partial charge on any atom is 0.233 e. The van der Waals surface area contributed by atoms with Gasteiger partial charge in [-0.25, -0.2) is 9.97 Å². The van der Waals surface area contributed by atoms with E-state index in [0.29, 0.717) is 17.5 Å². The van der Waals surface area contributed by atoms with Gasteiger partial charge in [0.1, 0.15) is 6.33 Å². The van der Waals surface area contributed by atoms with Crippen molar-refractivity contribution in [3.8, 4) is 0 Å². The summed E-state index contributed by atoms with van der Waals surface area (Å²) in [4.78, 5) is 25.8. The maximum absolute atomic E-state index is 12.3. The number of rotatable bonds is 3. The van der Waals surface area contributed by atoms with E-state index >= 15 is 0 Å². The number of thioether (sulfide) groups is 1. The SMILES string of the molecule is Nc1ncnc(SCC(=O)N2CCc3ccccc3C2)n1. The van der Waals surface area contributed by atoms with E-state index in [1.54, 1.807) is 0 Å². The zero-order chi connectivity index (χ0) is 14.7. The summed E-state index contributed by atoms with van der Waals surface area (Å²) < 4.78 is 0. The van der Waals surface area contributed by atoms with Crippen molar-refractivity contribution in [3.63, 3.8) is 0 Å². The number of hydrogen-bond donors (Lipinski definition) is 1. The fraction of sp³-hybridized carbons (Fsp3) is 0.286. The van der Waals surface area contributed by atoms with Gasteiger partial charge in [0.25, 0.3) is 0 Å². The molecular weight excluding hydrogens is 286 g/mol. The third-order valence-electron chi connectivity index (χ3n) is 3.38. The van der Waals surface area contributed by atoms with Crippen LogP contribution in [0.5, 0.6) is 0 Å². The highest BCUT2D eigenvalue weighted by Gasteiger charge is 2.20. The molecule has 0 aliphatic carbocycles. The number of hydrogen-bond acceptors (Lipinski definition) is 6. The lowest BCUT2D eigenvalue weighted by atomic mass is 10.00. The van der Waals surface area contributed by atoms with Crippen LogP contribution in [0.2, 0.25) is 0 Å². The highest BCUT2D eigenvalue weighted by molar-refractivity contribution is 7.99. The number of nitrogen functional groups attached to an aromatic ring is 1. The fourth-order valence-corrected chi connectivity index (χ4v) is 3.00. The van der Waals surface area contributed by atoms with Crippen LogP contribution in [0.25, 0.3) is 0 Å². The second-order valence-electron chi connectivity index (χ2n) is 4.75. The van der Waals surface area contributed by atoms with Crippen molar-refractivity contribution in [2.45, 2.75) is 18.1 Å². The van der Waals surface area contributed by atoms with Crippen molar-refractivity contribution < 1.29 is 4.79 Å². The van der Waals surface area contributed by atoms with Crippen LogP contribution in [-0.4, -0.2) is 38.1 Å². The number of anilines is 1. The standard InChI is InChI=1S/C14H15N5OS/c15-13-16-9-17-14(18-13)21-8-12(20)19-6-5-10-3-1-2-4-11(10)7-19/h1-4,9H,5-8H2,(H2,15,16,17,18). The summed E-state index contributed by atoms with van der Waals surface area (Å²) in [6, 6.07) is 8.25. The number of nitrogens with zero attached hydrogens (tertiary/aromatic N) is 4. The summed E-state index contributed by atoms with van der Waals surface area (Å²) in [7, 11) is 0. The van der Waals surface area contributed by atoms with Crippen LogP contribution in [-0.2, 0) is 17.8 Å². The molecule has 1 aromatic heterocycles. The minimum atomic E-state index is 0.0912. The molecule has 6 nitrogen and oxygen atoms in total. The molecule has 0 saturated heterocycles. The largest absolute Gasteiger partial charge is 0.368 e. The second kappa shape index (κ2) is 6.09. The van der Waals surface area contributed by atoms with Gasteiger partial charge in [0.15, 0.2) is 5.16 Å². The Morgan fingerprint density at radius 1 is 1.29 bits per heavy atom. The molecular formula is C14H15N5OS. The molecule has 1 aromatic carbocycles. The normalized spacial score (nSPS) is 13.8. The molecule has 1 aliphatic heterocycles. The minimum absolute atomic E-state index is 0.0912. The Kier molecular flexibility index (Phi) is 4.01. The molecule has 0 saturated carbocycles. The van der Waals surface area contributed by atoms with Gasteiger partial charge in [0, 0.05) is 13.1 Å². The molecule has 0 spiro atoms. The highest BCUT2D eigenvalue weighted by Crippen LogP contribution is 2.20. The van der Waals surface area contributed by atoms with Crippen LogP contribution < -0.4 is 5.73 Å². The van der Waals surface area contributed by atoms with Gasteiger partial charge < -0.3 is 10.6 Å². The van der Waals surface area contributed by atoms with E-state index in [4.69, 9.17) is 5.73 Å². The fourth-order valence-electron chi connectivity index (χ4n) is 2.29. The van der Waals surface area contributed by atoms with Gasteiger partial charge in [-0.1, -0.05) is 36.0 Å². The Balaban J connectivity index is 1.59. The smallest absolute Gasteiger partial charge is 0.233 e. The van der Waals surface area contributed by atoms with Crippen molar-refractivity contribution in [1.82, 2.24) is 19.9 Å². The molecule has 108 valence electrons. The van der Waals surface area contributed by atoms with Crippen molar-refractivity contribution in [2.24, 2.45) is 0 Å². The van der Waals surface area contributed by atoms with Crippen LogP contribution in [0.3, 0.4) is 0 Å². The summed E-state index contributed by atoms with van der Waals surface area (Å²) >= 11 is 1.28. The Hall–Kier alpha value is -2.15. The summed E-state index contributed by atoms with van der Waals surface area (Å²) in [5.41, 5.74) is 8.05. The molecule has 7 heteroatoms. The van der Waals surface area contributed by atoms with Crippen molar-refractivity contribution >= 4 is 23.6 Å². The first-order chi connectivity index (χ1) is 10.2. The molecule has 3 rings (SSSR count). The predicted octanol–water partition coefficient (Wildman–Crippen LogP) is 1.13. The number of amides is 1. The summed E-state index contributed by atoms with van der Waals surface area (Å²) in [6.45, 7) is 1.44. The molecule has 0 unspecified atom stereocenters. The predicted molar refractivity (Wildman–Crippen MR) is 80.5 cm³/mol. The van der Waals surface area contributed by atoms with Gasteiger partial charge >= 0.3 is 0 Å². The molecule has 2 aromatic rings. The summed E-state index contributed by atoms with van der Waals surface area (Å²) in [5, 5.41) is 0.480. The molecule has 0 bridgehead atoms. The molecule has 2 N–H and O–H groups in total. The number of aromatic nitrogens is 3. The van der Waals surface area contributed by atoms with E-state index < -0.39 is 0 Å². The lowest BCUT2D eigenvalue weighted by Gasteiger charge is -2.28. The quantitative estimate of drug-likeness (QED) is 0.855. The molecule has 1 aliphatic rings. The van der Waals surface area contributed by atoms with E-state index in [1.807, 2.05) is 17.0 Å². The molecule has 1 amide bonds. The van der Waals surface area contributed by atoms with Crippen LogP contribution in [0.4, 0.5) is 5.95 Å². The first-order valence-corrected chi connectivity index (χ1v) is 7.63. The molecule has 0 radical (unpaired) electrons. The Labute approximate surface area is 126 Å². The number of fused-ring (bicyclic) bond motifs is 1. The first-order valence-electron chi connectivity index (χ1n) is 6.64. The molecule has 21 heavy (non-hydrogen) atoms. The lowest BCUT2D eigenvalue weighted by molar-refractivity contribution is -0.129. The monoisotopic (exact) mass is 301 g/mol. The molecule has 0 atom stereocenters. The Bertz CT molecular complexity index is 663.